The largest absolute Gasteiger partial charge is 0.488 e. The van der Waals surface area contributed by atoms with E-state index < -0.39 is 0 Å². The third-order valence-electron chi connectivity index (χ3n) is 4.44. The van der Waals surface area contributed by atoms with Crippen molar-refractivity contribution in [1.82, 2.24) is 10.6 Å². The Bertz CT molecular complexity index is 697. The summed E-state index contributed by atoms with van der Waals surface area (Å²) in [6, 6.07) is 13.3. The second kappa shape index (κ2) is 8.62. The topological polar surface area (TPSA) is 50.4 Å². The Hall–Kier alpha value is -2.40. The first-order valence-electron chi connectivity index (χ1n) is 8.67. The van der Waals surface area contributed by atoms with Crippen LogP contribution in [-0.4, -0.2) is 25.5 Å². The Morgan fingerprint density at radius 3 is 2.76 bits per heavy atom. The molecule has 25 heavy (non-hydrogen) atoms. The van der Waals surface area contributed by atoms with Crippen LogP contribution in [0.3, 0.4) is 0 Å². The molecule has 2 aromatic carbocycles. The number of hydrogen-bond acceptors (Lipinski definition) is 3. The van der Waals surface area contributed by atoms with E-state index in [1.54, 1.807) is 24.3 Å². The van der Waals surface area contributed by atoms with Crippen molar-refractivity contribution in [2.45, 2.75) is 19.4 Å². The summed E-state index contributed by atoms with van der Waals surface area (Å²) >= 11 is 0. The molecule has 1 atom stereocenters. The predicted octanol–water partition coefficient (Wildman–Crippen LogP) is 3.13. The molecule has 4 nitrogen and oxygen atoms in total. The van der Waals surface area contributed by atoms with Crippen LogP contribution >= 0.6 is 0 Å². The monoisotopic (exact) mass is 342 g/mol. The van der Waals surface area contributed by atoms with Crippen molar-refractivity contribution in [3.05, 3.63) is 65.5 Å². The van der Waals surface area contributed by atoms with Gasteiger partial charge in [-0.05, 0) is 61.7 Å². The first kappa shape index (κ1) is 17.4. The minimum atomic E-state index is -0.277. The van der Waals surface area contributed by atoms with Crippen molar-refractivity contribution in [2.24, 2.45) is 5.92 Å². The molecule has 0 aliphatic carbocycles. The quantitative estimate of drug-likeness (QED) is 0.813. The minimum Gasteiger partial charge on any atom is -0.488 e. The molecule has 132 valence electrons. The van der Waals surface area contributed by atoms with Crippen molar-refractivity contribution in [3.63, 3.8) is 0 Å². The van der Waals surface area contributed by atoms with E-state index in [-0.39, 0.29) is 18.3 Å². The lowest BCUT2D eigenvalue weighted by atomic mass is 10.1. The van der Waals surface area contributed by atoms with E-state index in [2.05, 4.69) is 10.6 Å². The van der Waals surface area contributed by atoms with Crippen LogP contribution < -0.4 is 15.4 Å². The van der Waals surface area contributed by atoms with Crippen molar-refractivity contribution < 1.29 is 13.9 Å². The lowest BCUT2D eigenvalue weighted by molar-refractivity contribution is 0.0947. The molecule has 1 fully saturated rings. The van der Waals surface area contributed by atoms with Gasteiger partial charge in [0.1, 0.15) is 18.2 Å². The number of hydrogen-bond donors (Lipinski definition) is 2. The molecule has 0 saturated carbocycles. The summed E-state index contributed by atoms with van der Waals surface area (Å²) in [6.07, 6.45) is 2.16. The number of ether oxygens (including phenoxy) is 1. The van der Waals surface area contributed by atoms with E-state index in [1.165, 1.54) is 18.6 Å². The number of benzene rings is 2. The molecule has 1 saturated heterocycles. The van der Waals surface area contributed by atoms with E-state index in [4.69, 9.17) is 4.74 Å². The summed E-state index contributed by atoms with van der Waals surface area (Å²) in [5.74, 6) is 0.777. The number of para-hydroxylation sites is 1. The van der Waals surface area contributed by atoms with E-state index in [0.717, 1.165) is 25.1 Å². The second-order valence-electron chi connectivity index (χ2n) is 6.31. The fourth-order valence-corrected chi connectivity index (χ4v) is 2.97. The van der Waals surface area contributed by atoms with Gasteiger partial charge in [0, 0.05) is 6.54 Å². The molecule has 0 aromatic heterocycles. The average Bonchev–Trinajstić information content (AvgIpc) is 3.15. The third-order valence-corrected chi connectivity index (χ3v) is 4.44. The number of amides is 1. The molecule has 3 rings (SSSR count). The number of rotatable bonds is 7. The lowest BCUT2D eigenvalue weighted by Gasteiger charge is -2.13. The molecule has 1 unspecified atom stereocenters. The minimum absolute atomic E-state index is 0.124. The van der Waals surface area contributed by atoms with Gasteiger partial charge in [-0.25, -0.2) is 4.39 Å². The van der Waals surface area contributed by atoms with Gasteiger partial charge in [-0.2, -0.15) is 0 Å². The van der Waals surface area contributed by atoms with Crippen molar-refractivity contribution >= 4 is 5.91 Å². The van der Waals surface area contributed by atoms with Gasteiger partial charge in [0.05, 0.1) is 5.56 Å². The van der Waals surface area contributed by atoms with Gasteiger partial charge in [-0.15, -0.1) is 0 Å². The van der Waals surface area contributed by atoms with E-state index >= 15 is 0 Å². The smallest absolute Gasteiger partial charge is 0.255 e. The highest BCUT2D eigenvalue weighted by Gasteiger charge is 2.16. The van der Waals surface area contributed by atoms with Gasteiger partial charge in [0.15, 0.2) is 0 Å². The van der Waals surface area contributed by atoms with Crippen LogP contribution in [0.1, 0.15) is 28.8 Å². The van der Waals surface area contributed by atoms with Crippen LogP contribution in [0, 0.1) is 11.7 Å². The van der Waals surface area contributed by atoms with Gasteiger partial charge in [-0.3, -0.25) is 4.79 Å². The normalized spacial score (nSPS) is 16.6. The summed E-state index contributed by atoms with van der Waals surface area (Å²) in [5.41, 5.74) is 1.37. The van der Waals surface area contributed by atoms with Crippen molar-refractivity contribution in [1.29, 1.82) is 0 Å². The number of carbonyl (C=O) groups is 1. The molecule has 0 radical (unpaired) electrons. The van der Waals surface area contributed by atoms with Crippen molar-refractivity contribution in [3.8, 4) is 5.75 Å². The van der Waals surface area contributed by atoms with Gasteiger partial charge < -0.3 is 15.4 Å². The fourth-order valence-electron chi connectivity index (χ4n) is 2.97. The maximum absolute atomic E-state index is 13.0. The SMILES string of the molecule is O=C(NCCC1CCNC1)c1ccccc1OCc1ccc(F)cc1. The van der Waals surface area contributed by atoms with E-state index in [9.17, 15) is 9.18 Å². The zero-order valence-electron chi connectivity index (χ0n) is 14.1. The molecule has 5 heteroatoms. The summed E-state index contributed by atoms with van der Waals surface area (Å²) < 4.78 is 18.7. The Labute approximate surface area is 147 Å². The Kier molecular flexibility index (Phi) is 6.01. The van der Waals surface area contributed by atoms with Gasteiger partial charge in [0.2, 0.25) is 0 Å². The van der Waals surface area contributed by atoms with Crippen LogP contribution in [-0.2, 0) is 6.61 Å². The highest BCUT2D eigenvalue weighted by Crippen LogP contribution is 2.20. The average molecular weight is 342 g/mol. The summed E-state index contributed by atoms with van der Waals surface area (Å²) in [7, 11) is 0. The van der Waals surface area contributed by atoms with Gasteiger partial charge >= 0.3 is 0 Å². The first-order chi connectivity index (χ1) is 12.2. The Morgan fingerprint density at radius 1 is 1.20 bits per heavy atom. The molecule has 1 aliphatic heterocycles. The molecule has 2 aromatic rings. The number of carbonyl (C=O) groups excluding carboxylic acids is 1. The second-order valence-corrected chi connectivity index (χ2v) is 6.31. The van der Waals surface area contributed by atoms with Crippen LogP contribution in [0.15, 0.2) is 48.5 Å². The van der Waals surface area contributed by atoms with E-state index in [0.29, 0.717) is 23.8 Å². The molecule has 0 bridgehead atoms. The maximum atomic E-state index is 13.0. The summed E-state index contributed by atoms with van der Waals surface area (Å²) in [4.78, 5) is 12.4. The third kappa shape index (κ3) is 5.03. The molecule has 1 heterocycles. The predicted molar refractivity (Wildman–Crippen MR) is 95.1 cm³/mol. The lowest BCUT2D eigenvalue weighted by Crippen LogP contribution is -2.26. The zero-order chi connectivity index (χ0) is 17.5. The van der Waals surface area contributed by atoms with Crippen LogP contribution in [0.25, 0.3) is 0 Å². The highest BCUT2D eigenvalue weighted by molar-refractivity contribution is 5.96. The molecule has 1 amide bonds. The zero-order valence-corrected chi connectivity index (χ0v) is 14.1. The molecular formula is C20H23FN2O2. The fraction of sp³-hybridized carbons (Fsp3) is 0.350. The molecule has 0 spiro atoms. The van der Waals surface area contributed by atoms with Crippen LogP contribution in [0.2, 0.25) is 0 Å². The van der Waals surface area contributed by atoms with Gasteiger partial charge in [0.25, 0.3) is 5.91 Å². The molecular weight excluding hydrogens is 319 g/mol. The standard InChI is InChI=1S/C20H23FN2O2/c21-17-7-5-16(6-8-17)14-25-19-4-2-1-3-18(19)20(24)23-12-10-15-9-11-22-13-15/h1-8,15,22H,9-14H2,(H,23,24). The number of halogens is 1. The Morgan fingerprint density at radius 2 is 2.00 bits per heavy atom. The highest BCUT2D eigenvalue weighted by atomic mass is 19.1. The first-order valence-corrected chi connectivity index (χ1v) is 8.67. The van der Waals surface area contributed by atoms with E-state index in [1.807, 2.05) is 12.1 Å². The maximum Gasteiger partial charge on any atom is 0.255 e. The summed E-state index contributed by atoms with van der Waals surface area (Å²) in [5, 5.41) is 6.31. The molecule has 1 aliphatic rings. The number of nitrogens with one attached hydrogen (secondary N) is 2. The van der Waals surface area contributed by atoms with Crippen LogP contribution in [0.5, 0.6) is 5.75 Å². The van der Waals surface area contributed by atoms with Crippen LogP contribution in [0.4, 0.5) is 4.39 Å². The summed E-state index contributed by atoms with van der Waals surface area (Å²) in [6.45, 7) is 3.06. The molecule has 2 N–H and O–H groups in total. The van der Waals surface area contributed by atoms with Gasteiger partial charge in [-0.1, -0.05) is 24.3 Å². The Balaban J connectivity index is 1.55. The van der Waals surface area contributed by atoms with Crippen molar-refractivity contribution in [2.75, 3.05) is 19.6 Å².